The molecular weight excluding hydrogens is 813 g/mol. The van der Waals surface area contributed by atoms with Crippen LogP contribution < -0.4 is 20.7 Å². The fourth-order valence-electron chi connectivity index (χ4n) is 9.67. The van der Waals surface area contributed by atoms with Gasteiger partial charge in [0.2, 0.25) is 5.91 Å². The van der Waals surface area contributed by atoms with E-state index < -0.39 is 8.07 Å². The number of carbonyl (C=O) groups excluding carboxylic acids is 2. The maximum Gasteiger partial charge on any atom is 0.246 e. The Morgan fingerprint density at radius 2 is 1.42 bits per heavy atom. The summed E-state index contributed by atoms with van der Waals surface area (Å²) >= 11 is 0. The molecule has 1 amide bonds. The van der Waals surface area contributed by atoms with E-state index in [1.54, 1.807) is 6.92 Å². The maximum absolute atomic E-state index is 12.3. The van der Waals surface area contributed by atoms with E-state index in [0.717, 1.165) is 51.6 Å². The van der Waals surface area contributed by atoms with Crippen molar-refractivity contribution in [1.82, 2.24) is 10.6 Å². The number of aryl methyl sites for hydroxylation is 2. The molecule has 65 heavy (non-hydrogen) atoms. The molecule has 0 fully saturated rings. The molecule has 2 aliphatic rings. The zero-order valence-corrected chi connectivity index (χ0v) is 41.4. The van der Waals surface area contributed by atoms with E-state index in [2.05, 4.69) is 179 Å². The number of carbonyl (C=O) groups is 2. The molecule has 1 aliphatic carbocycles. The molecule has 1 aliphatic heterocycles. The Labute approximate surface area is 389 Å². The number of Topliss-reactive ketones (excluding diaryl/α,β-unsaturated/α-hetero) is 1. The monoisotopic (exact) mass is 882 g/mol. The van der Waals surface area contributed by atoms with Gasteiger partial charge < -0.3 is 15.5 Å². The second-order valence-electron chi connectivity index (χ2n) is 19.2. The van der Waals surface area contributed by atoms with Crippen LogP contribution in [0.15, 0.2) is 132 Å². The number of hydrogen-bond donors (Lipinski definition) is 2. The molecule has 0 radical (unpaired) electrons. The van der Waals surface area contributed by atoms with E-state index in [0.29, 0.717) is 24.1 Å². The number of ketones is 1. The number of fused-ring (bicyclic) bond motifs is 4. The fourth-order valence-corrected chi connectivity index (χ4v) is 12.7. The zero-order valence-electron chi connectivity index (χ0n) is 40.4. The van der Waals surface area contributed by atoms with Crippen LogP contribution >= 0.6 is 0 Å². The Hall–Kier alpha value is -5.89. The SMILES string of the molecule is C=C(C)C(=O)CCCCCCc1c2ccccc2c(CNCCCNC(=O)C(=C)C)c2ccc(-c3ccc(C)c(C4=C5C=CC(=[N+](C)C)C=C5[Si](C)(C)c5cc(N(C)C)ccc54)c3)cc12. The average Bonchev–Trinajstić information content (AvgIpc) is 3.28. The Balaban J connectivity index is 1.32. The summed E-state index contributed by atoms with van der Waals surface area (Å²) in [4.78, 5) is 26.6. The van der Waals surface area contributed by atoms with E-state index in [4.69, 9.17) is 0 Å². The van der Waals surface area contributed by atoms with Gasteiger partial charge in [0.1, 0.15) is 22.2 Å². The van der Waals surface area contributed by atoms with Crippen molar-refractivity contribution in [3.63, 3.8) is 0 Å². The van der Waals surface area contributed by atoms with Crippen LogP contribution in [0.3, 0.4) is 0 Å². The molecule has 336 valence electrons. The van der Waals surface area contributed by atoms with Gasteiger partial charge in [-0.3, -0.25) is 9.59 Å². The third kappa shape index (κ3) is 10.0. The summed E-state index contributed by atoms with van der Waals surface area (Å²) in [7, 11) is 6.45. The molecule has 5 aromatic rings. The third-order valence-electron chi connectivity index (χ3n) is 13.6. The Morgan fingerprint density at radius 1 is 0.723 bits per heavy atom. The molecule has 2 N–H and O–H groups in total. The largest absolute Gasteiger partial charge is 0.378 e. The van der Waals surface area contributed by atoms with E-state index in [1.807, 2.05) is 6.92 Å². The minimum atomic E-state index is -2.09. The predicted octanol–water partition coefficient (Wildman–Crippen LogP) is 11.3. The van der Waals surface area contributed by atoms with Crippen molar-refractivity contribution >= 4 is 63.5 Å². The number of benzene rings is 5. The zero-order chi connectivity index (χ0) is 46.6. The summed E-state index contributed by atoms with van der Waals surface area (Å²) in [6.45, 7) is 20.5. The van der Waals surface area contributed by atoms with E-state index >= 15 is 0 Å². The first-order valence-corrected chi connectivity index (χ1v) is 26.5. The lowest BCUT2D eigenvalue weighted by Crippen LogP contribution is -2.49. The normalized spacial score (nSPS) is 14.0. The number of allylic oxidation sites excluding steroid dienone is 6. The highest BCUT2D eigenvalue weighted by Crippen LogP contribution is 2.44. The molecule has 0 bridgehead atoms. The molecule has 1 heterocycles. The molecule has 0 saturated heterocycles. The molecule has 7 rings (SSSR count). The molecule has 5 aromatic carbocycles. The number of nitrogens with zero attached hydrogens (tertiary/aromatic N) is 2. The van der Waals surface area contributed by atoms with E-state index in [-0.39, 0.29) is 11.7 Å². The molecule has 0 unspecified atom stereocenters. The number of anilines is 1. The molecule has 0 atom stereocenters. The molecular formula is C58H69N4O2Si+. The van der Waals surface area contributed by atoms with Gasteiger partial charge in [-0.2, -0.15) is 0 Å². The highest BCUT2D eigenvalue weighted by Gasteiger charge is 2.40. The maximum atomic E-state index is 12.3. The number of hydrogen-bond acceptors (Lipinski definition) is 4. The lowest BCUT2D eigenvalue weighted by Gasteiger charge is -2.38. The Bertz CT molecular complexity index is 2850. The number of unbranched alkanes of at least 4 members (excludes halogenated alkanes) is 3. The quantitative estimate of drug-likeness (QED) is 0.0303. The third-order valence-corrected chi connectivity index (χ3v) is 17.1. The molecule has 0 aromatic heterocycles. The lowest BCUT2D eigenvalue weighted by molar-refractivity contribution is -0.462. The highest BCUT2D eigenvalue weighted by molar-refractivity contribution is 6.98. The van der Waals surface area contributed by atoms with Crippen molar-refractivity contribution in [1.29, 1.82) is 0 Å². The van der Waals surface area contributed by atoms with Gasteiger partial charge in [-0.05, 0) is 171 Å². The van der Waals surface area contributed by atoms with Gasteiger partial charge in [-0.1, -0.05) is 93.7 Å². The van der Waals surface area contributed by atoms with Crippen LogP contribution in [0.25, 0.3) is 38.2 Å². The van der Waals surface area contributed by atoms with E-state index in [1.165, 1.54) is 93.4 Å². The van der Waals surface area contributed by atoms with Gasteiger partial charge in [-0.25, -0.2) is 4.58 Å². The Morgan fingerprint density at radius 3 is 2.12 bits per heavy atom. The van der Waals surface area contributed by atoms with Crippen molar-refractivity contribution in [2.24, 2.45) is 0 Å². The van der Waals surface area contributed by atoms with Gasteiger partial charge >= 0.3 is 0 Å². The van der Waals surface area contributed by atoms with Crippen molar-refractivity contribution in [3.8, 4) is 11.1 Å². The highest BCUT2D eigenvalue weighted by atomic mass is 28.3. The predicted molar refractivity (Wildman–Crippen MR) is 281 cm³/mol. The molecule has 0 spiro atoms. The van der Waals surface area contributed by atoms with E-state index in [9.17, 15) is 9.59 Å². The van der Waals surface area contributed by atoms with Crippen molar-refractivity contribution in [3.05, 3.63) is 160 Å². The number of rotatable bonds is 18. The van der Waals surface area contributed by atoms with Crippen LogP contribution in [0.2, 0.25) is 13.1 Å². The molecule has 6 nitrogen and oxygen atoms in total. The minimum absolute atomic E-state index is 0.0933. The first kappa shape index (κ1) is 47.1. The van der Waals surface area contributed by atoms with Crippen molar-refractivity contribution < 1.29 is 14.2 Å². The van der Waals surface area contributed by atoms with Gasteiger partial charge in [0, 0.05) is 57.0 Å². The summed E-state index contributed by atoms with van der Waals surface area (Å²) in [5.41, 5.74) is 15.3. The summed E-state index contributed by atoms with van der Waals surface area (Å²) in [5, 5.41) is 14.8. The molecule has 7 heteroatoms. The summed E-state index contributed by atoms with van der Waals surface area (Å²) < 4.78 is 2.22. The van der Waals surface area contributed by atoms with Crippen LogP contribution in [0.4, 0.5) is 5.69 Å². The molecule has 0 saturated carbocycles. The van der Waals surface area contributed by atoms with Crippen molar-refractivity contribution in [2.75, 3.05) is 46.2 Å². The van der Waals surface area contributed by atoms with Crippen LogP contribution in [-0.4, -0.2) is 71.3 Å². The van der Waals surface area contributed by atoms with Crippen LogP contribution in [-0.2, 0) is 22.6 Å². The van der Waals surface area contributed by atoms with Gasteiger partial charge in [0.05, 0.1) is 0 Å². The van der Waals surface area contributed by atoms with Crippen molar-refractivity contribution in [2.45, 2.75) is 85.4 Å². The standard InChI is InChI=1S/C58H68N4O2Si/c1-38(2)54(63)22-15-13-12-14-19-46-45-20-16-17-21-47(45)53(37-59-31-18-32-60-58(64)39(3)4)48-28-25-42(34-52(46)48)41-24-23-40(5)51(33-41)57-49-29-26-43(61(6)7)35-55(49)65(10,11)56-36-44(62(8)9)27-30-50(56)57/h16-17,20-21,23-30,33-36,59H,1,3,12-15,18-19,22,31-32,37H2,2,4-11H3/p+1. The fraction of sp³-hybridized carbons (Fsp3) is 0.328. The number of amides is 1. The first-order chi connectivity index (χ1) is 31.1. The Kier molecular flexibility index (Phi) is 14.6. The van der Waals surface area contributed by atoms with Gasteiger partial charge in [-0.15, -0.1) is 0 Å². The summed E-state index contributed by atoms with van der Waals surface area (Å²) in [5.74, 6) is 0.0803. The second kappa shape index (κ2) is 20.1. The minimum Gasteiger partial charge on any atom is -0.378 e. The lowest BCUT2D eigenvalue weighted by atomic mass is 9.85. The smallest absolute Gasteiger partial charge is 0.246 e. The van der Waals surface area contributed by atoms with Crippen LogP contribution in [0, 0.1) is 6.92 Å². The second-order valence-corrected chi connectivity index (χ2v) is 23.6. The first-order valence-electron chi connectivity index (χ1n) is 23.5. The van der Waals surface area contributed by atoms with Gasteiger partial charge in [0.15, 0.2) is 11.5 Å². The van der Waals surface area contributed by atoms with Crippen LogP contribution in [0.1, 0.15) is 80.2 Å². The topological polar surface area (TPSA) is 64.5 Å². The summed E-state index contributed by atoms with van der Waals surface area (Å²) in [6.07, 6.45) is 13.5. The average molecular weight is 882 g/mol. The number of nitrogens with one attached hydrogen (secondary N) is 2. The summed E-state index contributed by atoms with van der Waals surface area (Å²) in [6, 6.07) is 30.2. The van der Waals surface area contributed by atoms with Crippen LogP contribution in [0.5, 0.6) is 0 Å². The van der Waals surface area contributed by atoms with Gasteiger partial charge in [0.25, 0.3) is 0 Å².